The van der Waals surface area contributed by atoms with Gasteiger partial charge in [0, 0.05) is 19.3 Å². The van der Waals surface area contributed by atoms with Crippen molar-refractivity contribution in [2.45, 2.75) is 290 Å². The first-order valence-corrected chi connectivity index (χ1v) is 32.3. The maximum absolute atomic E-state index is 12.9. The van der Waals surface area contributed by atoms with Crippen molar-refractivity contribution in [2.75, 3.05) is 26.4 Å². The normalized spacial score (nSPS) is 13.8. The van der Waals surface area contributed by atoms with E-state index < -0.39 is 57.8 Å². The fourth-order valence-corrected chi connectivity index (χ4v) is 9.18. The molecule has 3 unspecified atom stereocenters. The zero-order chi connectivity index (χ0) is 55.5. The van der Waals surface area contributed by atoms with Gasteiger partial charge in [0.2, 0.25) is 0 Å². The molecule has 0 amide bonds. The number of aliphatic hydroxyl groups excluding tert-OH is 1. The van der Waals surface area contributed by atoms with E-state index in [1.54, 1.807) is 0 Å². The molecule has 76 heavy (non-hydrogen) atoms. The SMILES string of the molecule is CC/C=C\C/C=C\C/C=C\C/C=C\CCCCC(=O)OC(COC(=O)CCCCCCCCCCC/C=C\CCCCCCCC)COP(=O)(O)OCC(CO)OC(=O)CCCCCCC/C=C\CCCCCCCC. The monoisotopic (exact) mass is 1090 g/mol. The number of allylic oxidation sites excluding steroid dienone is 12. The minimum Gasteiger partial charge on any atom is -0.462 e. The van der Waals surface area contributed by atoms with Gasteiger partial charge in [0.15, 0.2) is 6.10 Å². The molecule has 0 heterocycles. The lowest BCUT2D eigenvalue weighted by Gasteiger charge is -2.21. The van der Waals surface area contributed by atoms with Crippen molar-refractivity contribution in [1.82, 2.24) is 0 Å². The Bertz CT molecular complexity index is 1550. The molecule has 0 radical (unpaired) electrons. The van der Waals surface area contributed by atoms with E-state index in [-0.39, 0.29) is 25.9 Å². The number of ether oxygens (including phenoxy) is 3. The molecule has 440 valence electrons. The second-order valence-electron chi connectivity index (χ2n) is 20.5. The number of carbonyl (C=O) groups excluding carboxylic acids is 3. The number of rotatable bonds is 57. The molecule has 0 saturated carbocycles. The molecule has 0 aliphatic heterocycles. The average Bonchev–Trinajstić information content (AvgIpc) is 3.41. The summed E-state index contributed by atoms with van der Waals surface area (Å²) in [6.07, 6.45) is 65.8. The Labute approximate surface area is 465 Å². The molecular formula is C64H113O11P. The summed E-state index contributed by atoms with van der Waals surface area (Å²) in [6, 6.07) is 0. The molecule has 0 saturated heterocycles. The van der Waals surface area contributed by atoms with Crippen LogP contribution in [0.3, 0.4) is 0 Å². The van der Waals surface area contributed by atoms with Gasteiger partial charge in [-0.3, -0.25) is 23.4 Å². The van der Waals surface area contributed by atoms with Gasteiger partial charge in [-0.05, 0) is 109 Å². The molecule has 0 bridgehead atoms. The number of carbonyl (C=O) groups is 3. The summed E-state index contributed by atoms with van der Waals surface area (Å²) in [7, 11) is -4.76. The highest BCUT2D eigenvalue weighted by Crippen LogP contribution is 2.43. The van der Waals surface area contributed by atoms with Crippen molar-refractivity contribution in [1.29, 1.82) is 0 Å². The Balaban J connectivity index is 4.74. The maximum Gasteiger partial charge on any atom is 0.472 e. The van der Waals surface area contributed by atoms with E-state index in [0.29, 0.717) is 19.3 Å². The summed E-state index contributed by atoms with van der Waals surface area (Å²) in [6.45, 7) is 4.49. The van der Waals surface area contributed by atoms with Gasteiger partial charge < -0.3 is 24.2 Å². The first-order chi connectivity index (χ1) is 37.2. The van der Waals surface area contributed by atoms with Gasteiger partial charge in [-0.15, -0.1) is 0 Å². The van der Waals surface area contributed by atoms with Crippen LogP contribution >= 0.6 is 7.82 Å². The Morgan fingerprint density at radius 1 is 0.382 bits per heavy atom. The number of phosphoric ester groups is 1. The lowest BCUT2D eigenvalue weighted by molar-refractivity contribution is -0.161. The van der Waals surface area contributed by atoms with Crippen LogP contribution < -0.4 is 0 Å². The van der Waals surface area contributed by atoms with Crippen LogP contribution in [0.4, 0.5) is 0 Å². The van der Waals surface area contributed by atoms with E-state index >= 15 is 0 Å². The van der Waals surface area contributed by atoms with Crippen LogP contribution in [0.15, 0.2) is 72.9 Å². The van der Waals surface area contributed by atoms with Gasteiger partial charge in [-0.1, -0.05) is 222 Å². The van der Waals surface area contributed by atoms with Crippen molar-refractivity contribution < 1.29 is 52.2 Å². The minimum atomic E-state index is -4.76. The fraction of sp³-hybridized carbons (Fsp3) is 0.766. The fourth-order valence-electron chi connectivity index (χ4n) is 8.40. The van der Waals surface area contributed by atoms with E-state index in [4.69, 9.17) is 23.3 Å². The van der Waals surface area contributed by atoms with Gasteiger partial charge in [0.1, 0.15) is 12.7 Å². The Kier molecular flexibility index (Phi) is 55.7. The van der Waals surface area contributed by atoms with E-state index in [1.165, 1.54) is 122 Å². The van der Waals surface area contributed by atoms with Crippen LogP contribution in [0.5, 0.6) is 0 Å². The largest absolute Gasteiger partial charge is 0.472 e. The van der Waals surface area contributed by atoms with E-state index in [2.05, 4.69) is 93.7 Å². The second kappa shape index (κ2) is 58.1. The van der Waals surface area contributed by atoms with Crippen LogP contribution in [0.2, 0.25) is 0 Å². The van der Waals surface area contributed by atoms with Gasteiger partial charge >= 0.3 is 25.7 Å². The molecule has 3 atom stereocenters. The quantitative estimate of drug-likeness (QED) is 0.0197. The lowest BCUT2D eigenvalue weighted by Crippen LogP contribution is -2.30. The average molecular weight is 1090 g/mol. The number of unbranched alkanes of at least 4 members (excludes halogenated alkanes) is 28. The smallest absolute Gasteiger partial charge is 0.462 e. The molecule has 0 rings (SSSR count). The molecule has 11 nitrogen and oxygen atoms in total. The molecule has 0 aromatic rings. The number of hydrogen-bond acceptors (Lipinski definition) is 10. The van der Waals surface area contributed by atoms with Crippen LogP contribution in [0.1, 0.15) is 278 Å². The van der Waals surface area contributed by atoms with Gasteiger partial charge in [-0.25, -0.2) is 4.57 Å². The summed E-state index contributed by atoms with van der Waals surface area (Å²) in [4.78, 5) is 48.6. The number of aliphatic hydroxyl groups is 1. The van der Waals surface area contributed by atoms with E-state index in [0.717, 1.165) is 96.3 Å². The predicted molar refractivity (Wildman–Crippen MR) is 316 cm³/mol. The zero-order valence-corrected chi connectivity index (χ0v) is 49.6. The van der Waals surface area contributed by atoms with Crippen molar-refractivity contribution in [3.63, 3.8) is 0 Å². The Morgan fingerprint density at radius 2 is 0.684 bits per heavy atom. The highest BCUT2D eigenvalue weighted by molar-refractivity contribution is 7.47. The Hall–Kier alpha value is -3.08. The van der Waals surface area contributed by atoms with Crippen LogP contribution in [0.25, 0.3) is 0 Å². The van der Waals surface area contributed by atoms with Crippen LogP contribution in [-0.4, -0.2) is 66.5 Å². The predicted octanol–water partition coefficient (Wildman–Crippen LogP) is 18.5. The molecule has 0 fully saturated rings. The summed E-state index contributed by atoms with van der Waals surface area (Å²) in [5, 5.41) is 9.83. The third kappa shape index (κ3) is 55.7. The second-order valence-corrected chi connectivity index (χ2v) is 21.9. The van der Waals surface area contributed by atoms with E-state index in [1.807, 2.05) is 0 Å². The van der Waals surface area contributed by atoms with Crippen molar-refractivity contribution in [2.24, 2.45) is 0 Å². The molecule has 0 aromatic heterocycles. The van der Waals surface area contributed by atoms with Crippen LogP contribution in [0, 0.1) is 0 Å². The summed E-state index contributed by atoms with van der Waals surface area (Å²) in [5.41, 5.74) is 0. The standard InChI is InChI=1S/C64H113O11P/c1-4-7-10-13-16-19-22-25-28-29-30-31-34-35-38-41-44-47-50-53-62(66)71-57-61(75-64(68)55-52-49-46-43-40-37-33-27-24-21-18-15-12-9-6-3)59-73-76(69,70)72-58-60(56-65)74-63(67)54-51-48-45-42-39-36-32-26-23-20-17-14-11-8-5-2/h9,12,18,21,25-28,32-33,40,43,60-61,65H,4-8,10-11,13-17,19-20,22-24,29-31,34-39,41-42,44-59H2,1-3H3,(H,69,70)/b12-9-,21-18-,28-25-,32-26-,33-27-,43-40-. The molecule has 12 heteroatoms. The van der Waals surface area contributed by atoms with Gasteiger partial charge in [0.05, 0.1) is 19.8 Å². The van der Waals surface area contributed by atoms with Crippen molar-refractivity contribution >= 4 is 25.7 Å². The molecule has 2 N–H and O–H groups in total. The summed E-state index contributed by atoms with van der Waals surface area (Å²) < 4.78 is 39.6. The number of esters is 3. The Morgan fingerprint density at radius 3 is 1.09 bits per heavy atom. The highest BCUT2D eigenvalue weighted by Gasteiger charge is 2.28. The van der Waals surface area contributed by atoms with Crippen LogP contribution in [-0.2, 0) is 42.2 Å². The summed E-state index contributed by atoms with van der Waals surface area (Å²) >= 11 is 0. The highest BCUT2D eigenvalue weighted by atomic mass is 31.2. The third-order valence-electron chi connectivity index (χ3n) is 13.1. The number of phosphoric acid groups is 1. The van der Waals surface area contributed by atoms with Crippen molar-refractivity contribution in [3.8, 4) is 0 Å². The minimum absolute atomic E-state index is 0.114. The van der Waals surface area contributed by atoms with Gasteiger partial charge in [-0.2, -0.15) is 0 Å². The molecular weight excluding hydrogens is 976 g/mol. The lowest BCUT2D eigenvalue weighted by atomic mass is 10.1. The molecule has 0 aliphatic rings. The zero-order valence-electron chi connectivity index (χ0n) is 48.7. The maximum atomic E-state index is 12.9. The third-order valence-corrected chi connectivity index (χ3v) is 14.0. The van der Waals surface area contributed by atoms with Crippen molar-refractivity contribution in [3.05, 3.63) is 72.9 Å². The number of hydrogen-bond donors (Lipinski definition) is 2. The summed E-state index contributed by atoms with van der Waals surface area (Å²) in [5.74, 6) is -1.52. The van der Waals surface area contributed by atoms with E-state index in [9.17, 15) is 28.9 Å². The molecule has 0 aliphatic carbocycles. The topological polar surface area (TPSA) is 155 Å². The first-order valence-electron chi connectivity index (χ1n) is 30.8. The molecule has 0 aromatic carbocycles. The first kappa shape index (κ1) is 72.9. The van der Waals surface area contributed by atoms with Gasteiger partial charge in [0.25, 0.3) is 0 Å². The molecule has 0 spiro atoms.